The first-order chi connectivity index (χ1) is 13.7. The number of methoxy groups -OCH3 is 3. The molecule has 0 amide bonds. The van der Waals surface area contributed by atoms with Gasteiger partial charge in [0.25, 0.3) is 0 Å². The van der Waals surface area contributed by atoms with E-state index in [0.717, 1.165) is 44.1 Å². The lowest BCUT2D eigenvalue weighted by Gasteiger charge is -2.37. The molecule has 0 aromatic heterocycles. The summed E-state index contributed by atoms with van der Waals surface area (Å²) < 4.78 is 28.1. The Labute approximate surface area is 189 Å². The molecule has 2 atom stereocenters. The molecule has 8 nitrogen and oxygen atoms in total. The Kier molecular flexibility index (Phi) is 9.57. The maximum atomic E-state index is 5.94. The average Bonchev–Trinajstić information content (AvgIpc) is 3.28. The third-order valence-corrected chi connectivity index (χ3v) is 5.21. The summed E-state index contributed by atoms with van der Waals surface area (Å²) in [6.07, 6.45) is 2.45. The monoisotopic (exact) mass is 521 g/mol. The molecule has 2 aliphatic rings. The first-order valence-corrected chi connectivity index (χ1v) is 9.68. The summed E-state index contributed by atoms with van der Waals surface area (Å²) in [5.74, 6) is 2.72. The van der Waals surface area contributed by atoms with E-state index in [4.69, 9.17) is 23.7 Å². The molecule has 0 spiro atoms. The Morgan fingerprint density at radius 2 is 1.86 bits per heavy atom. The number of rotatable bonds is 6. The van der Waals surface area contributed by atoms with Crippen LogP contribution in [0.2, 0.25) is 0 Å². The summed E-state index contributed by atoms with van der Waals surface area (Å²) in [7, 11) is 6.64. The second-order valence-electron chi connectivity index (χ2n) is 6.80. The van der Waals surface area contributed by atoms with Crippen molar-refractivity contribution in [1.29, 1.82) is 0 Å². The van der Waals surface area contributed by atoms with Gasteiger partial charge in [0.05, 0.1) is 34.0 Å². The van der Waals surface area contributed by atoms with Crippen molar-refractivity contribution in [2.75, 3.05) is 54.7 Å². The fourth-order valence-electron chi connectivity index (χ4n) is 3.80. The van der Waals surface area contributed by atoms with Gasteiger partial charge in [-0.05, 0) is 25.0 Å². The van der Waals surface area contributed by atoms with Gasteiger partial charge in [-0.15, -0.1) is 24.0 Å². The first kappa shape index (κ1) is 23.8. The molecule has 1 aromatic carbocycles. The molecule has 0 bridgehead atoms. The van der Waals surface area contributed by atoms with Crippen molar-refractivity contribution in [2.45, 2.75) is 31.6 Å². The van der Waals surface area contributed by atoms with Crippen LogP contribution in [0.1, 0.15) is 18.4 Å². The number of aliphatic imine (C=N–C) groups is 1. The quantitative estimate of drug-likeness (QED) is 0.350. The van der Waals surface area contributed by atoms with E-state index in [-0.39, 0.29) is 36.2 Å². The number of nitrogens with one attached hydrogen (secondary N) is 1. The van der Waals surface area contributed by atoms with Crippen LogP contribution in [0.25, 0.3) is 0 Å². The van der Waals surface area contributed by atoms with Crippen LogP contribution in [0.4, 0.5) is 0 Å². The van der Waals surface area contributed by atoms with E-state index in [1.165, 1.54) is 0 Å². The van der Waals surface area contributed by atoms with Crippen LogP contribution in [0.15, 0.2) is 17.1 Å². The third-order valence-electron chi connectivity index (χ3n) is 5.21. The highest BCUT2D eigenvalue weighted by Crippen LogP contribution is 2.39. The number of ether oxygens (including phenoxy) is 5. The molecule has 2 saturated heterocycles. The third kappa shape index (κ3) is 5.58. The van der Waals surface area contributed by atoms with E-state index < -0.39 is 0 Å². The summed E-state index contributed by atoms with van der Waals surface area (Å²) in [5.41, 5.74) is 0.963. The van der Waals surface area contributed by atoms with Gasteiger partial charge in [0.2, 0.25) is 5.75 Å². The molecule has 29 heavy (non-hydrogen) atoms. The standard InChI is InChI=1S/C20H31N3O5.HI/c1-21-20(23-9-11-28-17(13-23)15-6-5-10-27-15)22-12-14-7-8-16(24-2)19(26-4)18(14)25-3;/h7-8,15,17H,5-6,9-13H2,1-4H3,(H,21,22);1H. The Morgan fingerprint density at radius 1 is 1.10 bits per heavy atom. The van der Waals surface area contributed by atoms with E-state index >= 15 is 0 Å². The van der Waals surface area contributed by atoms with Crippen molar-refractivity contribution in [1.82, 2.24) is 10.2 Å². The minimum atomic E-state index is 0. The normalized spacial score (nSPS) is 22.1. The lowest BCUT2D eigenvalue weighted by atomic mass is 10.1. The van der Waals surface area contributed by atoms with Crippen LogP contribution < -0.4 is 19.5 Å². The zero-order valence-electron chi connectivity index (χ0n) is 17.6. The zero-order valence-corrected chi connectivity index (χ0v) is 19.9. The van der Waals surface area contributed by atoms with Crippen molar-refractivity contribution in [2.24, 2.45) is 4.99 Å². The molecule has 1 aromatic rings. The Balaban J connectivity index is 0.00000300. The zero-order chi connectivity index (χ0) is 19.9. The van der Waals surface area contributed by atoms with Gasteiger partial charge in [0.1, 0.15) is 6.10 Å². The number of hydrogen-bond acceptors (Lipinski definition) is 6. The van der Waals surface area contributed by atoms with Gasteiger partial charge in [0, 0.05) is 38.9 Å². The van der Waals surface area contributed by atoms with Crippen LogP contribution in [0.3, 0.4) is 0 Å². The van der Waals surface area contributed by atoms with Gasteiger partial charge in [-0.25, -0.2) is 0 Å². The van der Waals surface area contributed by atoms with Crippen LogP contribution in [0.5, 0.6) is 17.2 Å². The Morgan fingerprint density at radius 3 is 2.48 bits per heavy atom. The molecular weight excluding hydrogens is 489 g/mol. The maximum Gasteiger partial charge on any atom is 0.203 e. The summed E-state index contributed by atoms with van der Waals surface area (Å²) in [6, 6.07) is 3.85. The SMILES string of the molecule is CN=C(NCc1ccc(OC)c(OC)c1OC)N1CCOC(C2CCCO2)C1.I. The Bertz CT molecular complexity index is 682. The van der Waals surface area contributed by atoms with Gasteiger partial charge in [-0.1, -0.05) is 0 Å². The summed E-state index contributed by atoms with van der Waals surface area (Å²) in [6.45, 7) is 3.62. The van der Waals surface area contributed by atoms with Crippen molar-refractivity contribution < 1.29 is 23.7 Å². The van der Waals surface area contributed by atoms with E-state index in [0.29, 0.717) is 30.4 Å². The van der Waals surface area contributed by atoms with Crippen molar-refractivity contribution in [3.8, 4) is 17.2 Å². The van der Waals surface area contributed by atoms with Crippen LogP contribution in [0, 0.1) is 0 Å². The van der Waals surface area contributed by atoms with E-state index in [2.05, 4.69) is 15.2 Å². The highest BCUT2D eigenvalue weighted by Gasteiger charge is 2.32. The smallest absolute Gasteiger partial charge is 0.203 e. The predicted octanol–water partition coefficient (Wildman–Crippen LogP) is 2.29. The summed E-state index contributed by atoms with van der Waals surface area (Å²) in [5, 5.41) is 3.43. The molecule has 3 rings (SSSR count). The number of morpholine rings is 1. The number of guanidine groups is 1. The number of nitrogens with zero attached hydrogens (tertiary/aromatic N) is 2. The number of halogens is 1. The van der Waals surface area contributed by atoms with Gasteiger partial charge in [-0.2, -0.15) is 0 Å². The molecule has 2 heterocycles. The highest BCUT2D eigenvalue weighted by atomic mass is 127. The van der Waals surface area contributed by atoms with Crippen molar-refractivity contribution in [3.05, 3.63) is 17.7 Å². The maximum absolute atomic E-state index is 5.94. The molecule has 2 fully saturated rings. The second kappa shape index (κ2) is 11.7. The van der Waals surface area contributed by atoms with Gasteiger partial charge in [0.15, 0.2) is 17.5 Å². The first-order valence-electron chi connectivity index (χ1n) is 9.68. The van der Waals surface area contributed by atoms with Gasteiger partial charge >= 0.3 is 0 Å². The van der Waals surface area contributed by atoms with Gasteiger partial charge in [-0.3, -0.25) is 4.99 Å². The largest absolute Gasteiger partial charge is 0.493 e. The van der Waals surface area contributed by atoms with E-state index in [1.54, 1.807) is 28.4 Å². The highest BCUT2D eigenvalue weighted by molar-refractivity contribution is 14.0. The van der Waals surface area contributed by atoms with Crippen LogP contribution >= 0.6 is 24.0 Å². The van der Waals surface area contributed by atoms with E-state index in [9.17, 15) is 0 Å². The minimum Gasteiger partial charge on any atom is -0.493 e. The molecule has 0 radical (unpaired) electrons. The second-order valence-corrected chi connectivity index (χ2v) is 6.80. The molecule has 0 saturated carbocycles. The molecular formula is C20H32IN3O5. The molecule has 164 valence electrons. The number of hydrogen-bond donors (Lipinski definition) is 1. The topological polar surface area (TPSA) is 73.8 Å². The van der Waals surface area contributed by atoms with Crippen LogP contribution in [-0.2, 0) is 16.0 Å². The summed E-state index contributed by atoms with van der Waals surface area (Å²) >= 11 is 0. The lowest BCUT2D eigenvalue weighted by molar-refractivity contribution is -0.0817. The number of benzene rings is 1. The fourth-order valence-corrected chi connectivity index (χ4v) is 3.80. The minimum absolute atomic E-state index is 0. The van der Waals surface area contributed by atoms with E-state index in [1.807, 2.05) is 12.1 Å². The van der Waals surface area contributed by atoms with Crippen molar-refractivity contribution >= 4 is 29.9 Å². The average molecular weight is 521 g/mol. The summed E-state index contributed by atoms with van der Waals surface area (Å²) in [4.78, 5) is 6.68. The molecule has 2 aliphatic heterocycles. The molecule has 0 aliphatic carbocycles. The molecule has 9 heteroatoms. The van der Waals surface area contributed by atoms with Gasteiger partial charge < -0.3 is 33.9 Å². The van der Waals surface area contributed by atoms with Crippen molar-refractivity contribution in [3.63, 3.8) is 0 Å². The fraction of sp³-hybridized carbons (Fsp3) is 0.650. The molecule has 2 unspecified atom stereocenters. The molecule has 1 N–H and O–H groups in total. The lowest BCUT2D eigenvalue weighted by Crippen LogP contribution is -2.53. The Hall–Kier alpha value is -1.46. The van der Waals surface area contributed by atoms with Crippen LogP contribution in [-0.4, -0.2) is 77.7 Å². The predicted molar refractivity (Wildman–Crippen MR) is 122 cm³/mol.